The lowest BCUT2D eigenvalue weighted by Gasteiger charge is -2.07. The maximum atomic E-state index is 11.9. The van der Waals surface area contributed by atoms with E-state index in [-0.39, 0.29) is 11.2 Å². The van der Waals surface area contributed by atoms with Gasteiger partial charge >= 0.3 is 5.69 Å². The van der Waals surface area contributed by atoms with Crippen LogP contribution >= 0.6 is 0 Å². The molecule has 0 radical (unpaired) electrons. The van der Waals surface area contributed by atoms with Crippen molar-refractivity contribution in [1.29, 1.82) is 0 Å². The minimum atomic E-state index is -0.373. The molecule has 2 aromatic rings. The fraction of sp³-hybridized carbons (Fsp3) is 0.300. The van der Waals surface area contributed by atoms with Crippen molar-refractivity contribution in [3.8, 4) is 0 Å². The van der Waals surface area contributed by atoms with Crippen LogP contribution in [0.15, 0.2) is 21.9 Å². The van der Waals surface area contributed by atoms with E-state index in [1.165, 1.54) is 11.6 Å². The smallest absolute Gasteiger partial charge is 0.332 e. The van der Waals surface area contributed by atoms with Crippen molar-refractivity contribution in [2.24, 2.45) is 14.1 Å². The third-order valence-corrected chi connectivity index (χ3v) is 2.58. The van der Waals surface area contributed by atoms with Crippen molar-refractivity contribution >= 4 is 16.7 Å². The number of nitrogens with one attached hydrogen (secondary N) is 1. The molecule has 0 saturated heterocycles. The van der Waals surface area contributed by atoms with Gasteiger partial charge in [-0.1, -0.05) is 0 Å². The van der Waals surface area contributed by atoms with Gasteiger partial charge in [0.25, 0.3) is 5.56 Å². The normalized spacial score (nSPS) is 10.7. The molecule has 0 saturated carbocycles. The molecule has 6 nitrogen and oxygen atoms in total. The third-order valence-electron chi connectivity index (χ3n) is 2.58. The van der Waals surface area contributed by atoms with E-state index >= 15 is 0 Å². The lowest BCUT2D eigenvalue weighted by atomic mass is 10.3. The second-order valence-electron chi connectivity index (χ2n) is 3.55. The molecule has 0 aliphatic carbocycles. The molecular weight excluding hydrogens is 208 g/mol. The number of hydrogen-bond donors (Lipinski definition) is 1. The van der Waals surface area contributed by atoms with Crippen molar-refractivity contribution in [1.82, 2.24) is 14.1 Å². The predicted octanol–water partition coefficient (Wildman–Crippen LogP) is -0.326. The van der Waals surface area contributed by atoms with E-state index in [4.69, 9.17) is 0 Å². The fourth-order valence-corrected chi connectivity index (χ4v) is 1.60. The maximum Gasteiger partial charge on any atom is 0.332 e. The number of aryl methyl sites for hydroxylation is 1. The molecule has 6 heteroatoms. The molecule has 1 N–H and O–H groups in total. The van der Waals surface area contributed by atoms with Gasteiger partial charge in [-0.25, -0.2) is 9.78 Å². The molecule has 0 amide bonds. The molecule has 0 bridgehead atoms. The number of rotatable bonds is 1. The summed E-state index contributed by atoms with van der Waals surface area (Å²) in [7, 11) is 4.79. The lowest BCUT2D eigenvalue weighted by molar-refractivity contribution is 0.708. The molecule has 0 atom stereocenters. The Morgan fingerprint density at radius 3 is 2.56 bits per heavy atom. The number of pyridine rings is 1. The van der Waals surface area contributed by atoms with E-state index in [1.54, 1.807) is 26.4 Å². The quantitative estimate of drug-likeness (QED) is 0.714. The zero-order valence-electron chi connectivity index (χ0n) is 9.31. The van der Waals surface area contributed by atoms with Gasteiger partial charge in [-0.05, 0) is 6.07 Å². The summed E-state index contributed by atoms with van der Waals surface area (Å²) in [6.45, 7) is 0. The van der Waals surface area contributed by atoms with Gasteiger partial charge in [0, 0.05) is 21.1 Å². The Balaban J connectivity index is 3.03. The van der Waals surface area contributed by atoms with Crippen LogP contribution in [-0.2, 0) is 14.1 Å². The first-order valence-electron chi connectivity index (χ1n) is 4.79. The molecule has 2 heterocycles. The monoisotopic (exact) mass is 220 g/mol. The third kappa shape index (κ3) is 1.30. The summed E-state index contributed by atoms with van der Waals surface area (Å²) in [6, 6.07) is 1.68. The van der Waals surface area contributed by atoms with E-state index < -0.39 is 0 Å². The van der Waals surface area contributed by atoms with Gasteiger partial charge in [0.1, 0.15) is 5.65 Å². The van der Waals surface area contributed by atoms with E-state index in [1.807, 2.05) is 0 Å². The highest BCUT2D eigenvalue weighted by Gasteiger charge is 2.09. The highest BCUT2D eigenvalue weighted by atomic mass is 16.2. The summed E-state index contributed by atoms with van der Waals surface area (Å²) in [5.74, 6) is 0. The minimum Gasteiger partial charge on any atom is -0.387 e. The van der Waals surface area contributed by atoms with E-state index in [2.05, 4.69) is 10.3 Å². The Kier molecular flexibility index (Phi) is 2.26. The summed E-state index contributed by atoms with van der Waals surface area (Å²) in [6.07, 6.45) is 1.58. The first-order chi connectivity index (χ1) is 7.56. The standard InChI is InChI=1S/C10H12N4O2/c1-11-6-4-7-8(12-5-6)13(2)10(16)14(3)9(7)15/h4-5,11H,1-3H3. The van der Waals surface area contributed by atoms with E-state index in [0.29, 0.717) is 11.0 Å². The van der Waals surface area contributed by atoms with Gasteiger partial charge in [-0.2, -0.15) is 0 Å². The van der Waals surface area contributed by atoms with Crippen LogP contribution < -0.4 is 16.6 Å². The lowest BCUT2D eigenvalue weighted by Crippen LogP contribution is -2.37. The number of fused-ring (bicyclic) bond motifs is 1. The van der Waals surface area contributed by atoms with Gasteiger partial charge < -0.3 is 5.32 Å². The zero-order valence-corrected chi connectivity index (χ0v) is 9.31. The maximum absolute atomic E-state index is 11.9. The van der Waals surface area contributed by atoms with Crippen LogP contribution in [0.5, 0.6) is 0 Å². The van der Waals surface area contributed by atoms with E-state index in [9.17, 15) is 9.59 Å². The Labute approximate surface area is 91.2 Å². The average molecular weight is 220 g/mol. The Morgan fingerprint density at radius 1 is 1.25 bits per heavy atom. The highest BCUT2D eigenvalue weighted by molar-refractivity contribution is 5.77. The molecule has 0 aliphatic rings. The molecule has 0 unspecified atom stereocenters. The second-order valence-corrected chi connectivity index (χ2v) is 3.55. The Hall–Kier alpha value is -2.11. The minimum absolute atomic E-state index is 0.331. The van der Waals surface area contributed by atoms with Crippen LogP contribution in [0.2, 0.25) is 0 Å². The van der Waals surface area contributed by atoms with Crippen LogP contribution in [0, 0.1) is 0 Å². The molecule has 16 heavy (non-hydrogen) atoms. The molecular formula is C10H12N4O2. The number of nitrogens with zero attached hydrogens (tertiary/aromatic N) is 3. The number of aromatic nitrogens is 3. The zero-order chi connectivity index (χ0) is 11.9. The summed E-state index contributed by atoms with van der Waals surface area (Å²) in [5, 5.41) is 3.33. The van der Waals surface area contributed by atoms with Gasteiger partial charge in [-0.15, -0.1) is 0 Å². The van der Waals surface area contributed by atoms with Gasteiger partial charge in [-0.3, -0.25) is 13.9 Å². The molecule has 0 fully saturated rings. The van der Waals surface area contributed by atoms with Crippen molar-refractivity contribution in [3.63, 3.8) is 0 Å². The van der Waals surface area contributed by atoms with Crippen molar-refractivity contribution < 1.29 is 0 Å². The highest BCUT2D eigenvalue weighted by Crippen LogP contribution is 2.10. The van der Waals surface area contributed by atoms with Gasteiger partial charge in [0.2, 0.25) is 0 Å². The summed E-state index contributed by atoms with van der Waals surface area (Å²) < 4.78 is 2.43. The first-order valence-corrected chi connectivity index (χ1v) is 4.79. The predicted molar refractivity (Wildman–Crippen MR) is 61.8 cm³/mol. The van der Waals surface area contributed by atoms with Crippen LogP contribution in [0.1, 0.15) is 0 Å². The van der Waals surface area contributed by atoms with Gasteiger partial charge in [0.15, 0.2) is 0 Å². The van der Waals surface area contributed by atoms with Crippen LogP contribution in [0.3, 0.4) is 0 Å². The van der Waals surface area contributed by atoms with E-state index in [0.717, 1.165) is 10.3 Å². The molecule has 0 aliphatic heterocycles. The average Bonchev–Trinajstić information content (AvgIpc) is 2.33. The van der Waals surface area contributed by atoms with Crippen molar-refractivity contribution in [3.05, 3.63) is 33.1 Å². The molecule has 2 aromatic heterocycles. The molecule has 0 spiro atoms. The topological polar surface area (TPSA) is 68.9 Å². The summed E-state index contributed by atoms with van der Waals surface area (Å²) in [4.78, 5) is 27.6. The first kappa shape index (κ1) is 10.4. The SMILES string of the molecule is CNc1cnc2c(c1)c(=O)n(C)c(=O)n2C. The number of hydrogen-bond acceptors (Lipinski definition) is 4. The van der Waals surface area contributed by atoms with Crippen molar-refractivity contribution in [2.75, 3.05) is 12.4 Å². The van der Waals surface area contributed by atoms with Crippen LogP contribution in [0.4, 0.5) is 5.69 Å². The summed E-state index contributed by atoms with van der Waals surface area (Å²) in [5.41, 5.74) is 0.431. The largest absolute Gasteiger partial charge is 0.387 e. The molecule has 2 rings (SSSR count). The van der Waals surface area contributed by atoms with Crippen molar-refractivity contribution in [2.45, 2.75) is 0 Å². The molecule has 84 valence electrons. The van der Waals surface area contributed by atoms with Crippen LogP contribution in [0.25, 0.3) is 11.0 Å². The Bertz CT molecular complexity index is 669. The number of anilines is 1. The summed E-state index contributed by atoms with van der Waals surface area (Å²) >= 11 is 0. The Morgan fingerprint density at radius 2 is 1.94 bits per heavy atom. The van der Waals surface area contributed by atoms with Crippen LogP contribution in [-0.4, -0.2) is 21.2 Å². The fourth-order valence-electron chi connectivity index (χ4n) is 1.60. The molecule has 0 aromatic carbocycles. The second kappa shape index (κ2) is 3.48. The van der Waals surface area contributed by atoms with Gasteiger partial charge in [0.05, 0.1) is 17.3 Å².